The molecular formula is C16H24N2O3. The molecule has 0 bridgehead atoms. The van der Waals surface area contributed by atoms with E-state index in [4.69, 9.17) is 9.47 Å². The average Bonchev–Trinajstić information content (AvgIpc) is 3.26. The number of ether oxygens (including phenoxy) is 2. The van der Waals surface area contributed by atoms with Crippen LogP contribution in [0.4, 0.5) is 5.69 Å². The molecule has 1 saturated carbocycles. The number of carbonyl (C=O) groups is 1. The van der Waals surface area contributed by atoms with Gasteiger partial charge in [0.25, 0.3) is 0 Å². The molecule has 0 spiro atoms. The number of rotatable bonds is 8. The number of hydrogen-bond acceptors (Lipinski definition) is 4. The highest BCUT2D eigenvalue weighted by atomic mass is 16.5. The molecule has 0 radical (unpaired) electrons. The average molecular weight is 292 g/mol. The predicted octanol–water partition coefficient (Wildman–Crippen LogP) is 2.56. The zero-order valence-corrected chi connectivity index (χ0v) is 12.9. The van der Waals surface area contributed by atoms with Crippen LogP contribution in [0.25, 0.3) is 0 Å². The van der Waals surface area contributed by atoms with E-state index in [-0.39, 0.29) is 11.9 Å². The quantitative estimate of drug-likeness (QED) is 0.773. The first-order valence-corrected chi connectivity index (χ1v) is 7.60. The third-order valence-electron chi connectivity index (χ3n) is 3.25. The topological polar surface area (TPSA) is 59.6 Å². The van der Waals surface area contributed by atoms with Gasteiger partial charge in [0.1, 0.15) is 17.5 Å². The van der Waals surface area contributed by atoms with Crippen molar-refractivity contribution in [2.24, 2.45) is 0 Å². The molecule has 2 rings (SSSR count). The molecule has 5 nitrogen and oxygen atoms in total. The van der Waals surface area contributed by atoms with Crippen molar-refractivity contribution < 1.29 is 14.3 Å². The number of anilines is 1. The second-order valence-corrected chi connectivity index (χ2v) is 5.17. The third-order valence-corrected chi connectivity index (χ3v) is 3.25. The normalized spacial score (nSPS) is 15.2. The van der Waals surface area contributed by atoms with Crippen LogP contribution in [0.2, 0.25) is 0 Å². The monoisotopic (exact) mass is 292 g/mol. The van der Waals surface area contributed by atoms with Crippen molar-refractivity contribution >= 4 is 11.6 Å². The van der Waals surface area contributed by atoms with Gasteiger partial charge in [0.2, 0.25) is 5.91 Å². The fraction of sp³-hybridized carbons (Fsp3) is 0.562. The van der Waals surface area contributed by atoms with Crippen LogP contribution in [0.3, 0.4) is 0 Å². The summed E-state index contributed by atoms with van der Waals surface area (Å²) in [5.74, 6) is 1.51. The summed E-state index contributed by atoms with van der Waals surface area (Å²) >= 11 is 0. The zero-order chi connectivity index (χ0) is 15.2. The Morgan fingerprint density at radius 2 is 2.00 bits per heavy atom. The fourth-order valence-corrected chi connectivity index (χ4v) is 2.01. The summed E-state index contributed by atoms with van der Waals surface area (Å²) in [5, 5.41) is 6.20. The maximum absolute atomic E-state index is 12.0. The first-order chi connectivity index (χ1) is 10.1. The van der Waals surface area contributed by atoms with E-state index in [0.717, 1.165) is 30.0 Å². The van der Waals surface area contributed by atoms with Gasteiger partial charge in [0.05, 0.1) is 18.9 Å². The molecule has 116 valence electrons. The Kier molecular flexibility index (Phi) is 5.31. The van der Waals surface area contributed by atoms with E-state index in [0.29, 0.717) is 19.3 Å². The lowest BCUT2D eigenvalue weighted by atomic mass is 10.2. The standard InChI is InChI=1S/C16H24N2O3/c1-4-20-13-8-9-15(21-5-2)14(10-13)17-11(3)16(19)18-12-6-7-12/h8-12,17H,4-7H2,1-3H3,(H,18,19). The molecular weight excluding hydrogens is 268 g/mol. The molecule has 1 unspecified atom stereocenters. The van der Waals surface area contributed by atoms with Crippen LogP contribution in [-0.4, -0.2) is 31.2 Å². The van der Waals surface area contributed by atoms with Gasteiger partial charge in [-0.3, -0.25) is 4.79 Å². The fourth-order valence-electron chi connectivity index (χ4n) is 2.01. The van der Waals surface area contributed by atoms with Gasteiger partial charge in [-0.25, -0.2) is 0 Å². The minimum Gasteiger partial charge on any atom is -0.494 e. The van der Waals surface area contributed by atoms with E-state index in [1.807, 2.05) is 39.0 Å². The molecule has 21 heavy (non-hydrogen) atoms. The van der Waals surface area contributed by atoms with Crippen LogP contribution in [-0.2, 0) is 4.79 Å². The summed E-state index contributed by atoms with van der Waals surface area (Å²) < 4.78 is 11.1. The van der Waals surface area contributed by atoms with Crippen LogP contribution >= 0.6 is 0 Å². The summed E-state index contributed by atoms with van der Waals surface area (Å²) in [4.78, 5) is 12.0. The lowest BCUT2D eigenvalue weighted by molar-refractivity contribution is -0.121. The minimum absolute atomic E-state index is 0.0155. The second-order valence-electron chi connectivity index (χ2n) is 5.17. The highest BCUT2D eigenvalue weighted by molar-refractivity contribution is 5.85. The molecule has 0 heterocycles. The van der Waals surface area contributed by atoms with Gasteiger partial charge in [0, 0.05) is 12.1 Å². The summed E-state index contributed by atoms with van der Waals surface area (Å²) in [7, 11) is 0. The first-order valence-electron chi connectivity index (χ1n) is 7.60. The smallest absolute Gasteiger partial charge is 0.242 e. The lowest BCUT2D eigenvalue weighted by Gasteiger charge is -2.18. The van der Waals surface area contributed by atoms with Crippen LogP contribution in [0.5, 0.6) is 11.5 Å². The van der Waals surface area contributed by atoms with Gasteiger partial charge in [-0.2, -0.15) is 0 Å². The molecule has 1 aromatic rings. The van der Waals surface area contributed by atoms with E-state index in [2.05, 4.69) is 10.6 Å². The molecule has 1 aliphatic carbocycles. The molecule has 1 atom stereocenters. The SMILES string of the molecule is CCOc1ccc(OCC)c(NC(C)C(=O)NC2CC2)c1. The van der Waals surface area contributed by atoms with Crippen molar-refractivity contribution in [1.29, 1.82) is 0 Å². The van der Waals surface area contributed by atoms with Crippen molar-refractivity contribution in [2.75, 3.05) is 18.5 Å². The number of amides is 1. The second kappa shape index (κ2) is 7.20. The van der Waals surface area contributed by atoms with Crippen molar-refractivity contribution in [3.63, 3.8) is 0 Å². The Morgan fingerprint density at radius 1 is 1.29 bits per heavy atom. The third kappa shape index (κ3) is 4.55. The molecule has 5 heteroatoms. The Bertz CT molecular complexity index is 486. The first kappa shape index (κ1) is 15.5. The number of nitrogens with one attached hydrogen (secondary N) is 2. The van der Waals surface area contributed by atoms with E-state index in [1.165, 1.54) is 0 Å². The zero-order valence-electron chi connectivity index (χ0n) is 12.9. The molecule has 1 fully saturated rings. The van der Waals surface area contributed by atoms with E-state index < -0.39 is 0 Å². The van der Waals surface area contributed by atoms with E-state index >= 15 is 0 Å². The van der Waals surface area contributed by atoms with Crippen molar-refractivity contribution in [1.82, 2.24) is 5.32 Å². The minimum atomic E-state index is -0.318. The molecule has 2 N–H and O–H groups in total. The maximum Gasteiger partial charge on any atom is 0.242 e. The van der Waals surface area contributed by atoms with Crippen molar-refractivity contribution in [3.05, 3.63) is 18.2 Å². The number of carbonyl (C=O) groups excluding carboxylic acids is 1. The van der Waals surface area contributed by atoms with Gasteiger partial charge >= 0.3 is 0 Å². The van der Waals surface area contributed by atoms with Gasteiger partial charge in [-0.1, -0.05) is 0 Å². The van der Waals surface area contributed by atoms with Crippen LogP contribution in [0.15, 0.2) is 18.2 Å². The summed E-state index contributed by atoms with van der Waals surface area (Å²) in [5.41, 5.74) is 0.779. The molecule has 0 aromatic heterocycles. The number of benzene rings is 1. The summed E-state index contributed by atoms with van der Waals surface area (Å²) in [6.07, 6.45) is 2.17. The highest BCUT2D eigenvalue weighted by Crippen LogP contribution is 2.30. The Labute approximate surface area is 126 Å². The van der Waals surface area contributed by atoms with E-state index in [1.54, 1.807) is 0 Å². The Morgan fingerprint density at radius 3 is 2.62 bits per heavy atom. The van der Waals surface area contributed by atoms with Gasteiger partial charge < -0.3 is 20.1 Å². The van der Waals surface area contributed by atoms with Crippen LogP contribution < -0.4 is 20.1 Å². The van der Waals surface area contributed by atoms with Gasteiger partial charge in [0.15, 0.2) is 0 Å². The molecule has 1 aliphatic rings. The predicted molar refractivity (Wildman–Crippen MR) is 83.0 cm³/mol. The summed E-state index contributed by atoms with van der Waals surface area (Å²) in [6, 6.07) is 5.65. The maximum atomic E-state index is 12.0. The molecule has 1 aromatic carbocycles. The molecule has 0 saturated heterocycles. The van der Waals surface area contributed by atoms with Crippen molar-refractivity contribution in [3.8, 4) is 11.5 Å². The van der Waals surface area contributed by atoms with Crippen molar-refractivity contribution in [2.45, 2.75) is 45.7 Å². The van der Waals surface area contributed by atoms with Crippen LogP contribution in [0.1, 0.15) is 33.6 Å². The lowest BCUT2D eigenvalue weighted by Crippen LogP contribution is -2.38. The van der Waals surface area contributed by atoms with Crippen LogP contribution in [0, 0.1) is 0 Å². The Balaban J connectivity index is 2.06. The summed E-state index contributed by atoms with van der Waals surface area (Å²) in [6.45, 7) is 6.90. The molecule has 1 amide bonds. The van der Waals surface area contributed by atoms with Gasteiger partial charge in [-0.15, -0.1) is 0 Å². The highest BCUT2D eigenvalue weighted by Gasteiger charge is 2.25. The van der Waals surface area contributed by atoms with Gasteiger partial charge in [-0.05, 0) is 45.7 Å². The molecule has 0 aliphatic heterocycles. The largest absolute Gasteiger partial charge is 0.494 e. The number of hydrogen-bond donors (Lipinski definition) is 2. The Hall–Kier alpha value is -1.91. The van der Waals surface area contributed by atoms with E-state index in [9.17, 15) is 4.79 Å².